The molecule has 1 heterocycles. The smallest absolute Gasteiger partial charge is 0.134 e. The van der Waals surface area contributed by atoms with Gasteiger partial charge in [-0.25, -0.2) is 0 Å². The number of halogens is 1. The van der Waals surface area contributed by atoms with Crippen molar-refractivity contribution in [1.29, 1.82) is 0 Å². The SMILES string of the molecule is C=C1Oc2ccc(Br)cc2C=C1C. The molecule has 0 saturated carbocycles. The minimum Gasteiger partial charge on any atom is -0.457 e. The second-order valence-corrected chi connectivity index (χ2v) is 3.95. The van der Waals surface area contributed by atoms with E-state index in [1.54, 1.807) is 0 Å². The summed E-state index contributed by atoms with van der Waals surface area (Å²) in [6, 6.07) is 5.93. The fraction of sp³-hybridized carbons (Fsp3) is 0.0909. The molecule has 0 fully saturated rings. The van der Waals surface area contributed by atoms with Gasteiger partial charge in [0.15, 0.2) is 0 Å². The van der Waals surface area contributed by atoms with Gasteiger partial charge in [0.25, 0.3) is 0 Å². The number of hydrogen-bond donors (Lipinski definition) is 0. The van der Waals surface area contributed by atoms with Gasteiger partial charge in [-0.15, -0.1) is 0 Å². The summed E-state index contributed by atoms with van der Waals surface area (Å²) in [4.78, 5) is 0. The summed E-state index contributed by atoms with van der Waals surface area (Å²) in [5.41, 5.74) is 2.17. The van der Waals surface area contributed by atoms with Crippen LogP contribution in [0.25, 0.3) is 6.08 Å². The average Bonchev–Trinajstić information content (AvgIpc) is 2.08. The van der Waals surface area contributed by atoms with Gasteiger partial charge >= 0.3 is 0 Å². The maximum absolute atomic E-state index is 5.52. The molecule has 66 valence electrons. The molecule has 0 aromatic heterocycles. The molecule has 0 atom stereocenters. The lowest BCUT2D eigenvalue weighted by molar-refractivity contribution is 0.433. The van der Waals surface area contributed by atoms with Crippen LogP contribution >= 0.6 is 15.9 Å². The van der Waals surface area contributed by atoms with Crippen LogP contribution in [-0.4, -0.2) is 0 Å². The van der Waals surface area contributed by atoms with Gasteiger partial charge in [-0.3, -0.25) is 0 Å². The molecule has 0 amide bonds. The van der Waals surface area contributed by atoms with Gasteiger partial charge in [-0.2, -0.15) is 0 Å². The molecule has 0 unspecified atom stereocenters. The molecule has 0 bridgehead atoms. The molecule has 0 aliphatic carbocycles. The van der Waals surface area contributed by atoms with Crippen molar-refractivity contribution in [2.24, 2.45) is 0 Å². The Morgan fingerprint density at radius 1 is 1.38 bits per heavy atom. The maximum atomic E-state index is 5.52. The van der Waals surface area contributed by atoms with Crippen LogP contribution < -0.4 is 4.74 Å². The molecule has 1 aromatic rings. The van der Waals surface area contributed by atoms with Crippen LogP contribution in [-0.2, 0) is 0 Å². The predicted octanol–water partition coefficient (Wildman–Crippen LogP) is 3.76. The second-order valence-electron chi connectivity index (χ2n) is 3.03. The normalized spacial score (nSPS) is 14.6. The first-order valence-electron chi connectivity index (χ1n) is 4.02. The highest BCUT2D eigenvalue weighted by molar-refractivity contribution is 9.10. The maximum Gasteiger partial charge on any atom is 0.134 e. The van der Waals surface area contributed by atoms with Crippen LogP contribution in [0.4, 0.5) is 0 Å². The van der Waals surface area contributed by atoms with Crippen LogP contribution in [0.2, 0.25) is 0 Å². The molecule has 1 aliphatic heterocycles. The van der Waals surface area contributed by atoms with Crippen molar-refractivity contribution < 1.29 is 4.74 Å². The molecular formula is C11H9BrO. The number of hydrogen-bond acceptors (Lipinski definition) is 1. The minimum atomic E-state index is 0.731. The first kappa shape index (κ1) is 8.57. The summed E-state index contributed by atoms with van der Waals surface area (Å²) in [7, 11) is 0. The van der Waals surface area contributed by atoms with E-state index in [9.17, 15) is 0 Å². The third kappa shape index (κ3) is 1.54. The molecule has 0 N–H and O–H groups in total. The molecule has 0 saturated heterocycles. The largest absolute Gasteiger partial charge is 0.457 e. The van der Waals surface area contributed by atoms with E-state index in [0.717, 1.165) is 27.1 Å². The van der Waals surface area contributed by atoms with E-state index in [-0.39, 0.29) is 0 Å². The van der Waals surface area contributed by atoms with Gasteiger partial charge in [0.2, 0.25) is 0 Å². The molecular weight excluding hydrogens is 228 g/mol. The fourth-order valence-corrected chi connectivity index (χ4v) is 1.63. The Morgan fingerprint density at radius 2 is 2.15 bits per heavy atom. The molecule has 1 nitrogen and oxygen atoms in total. The minimum absolute atomic E-state index is 0.731. The van der Waals surface area contributed by atoms with Crippen molar-refractivity contribution in [2.45, 2.75) is 6.92 Å². The lowest BCUT2D eigenvalue weighted by Gasteiger charge is -2.17. The van der Waals surface area contributed by atoms with Crippen LogP contribution in [0, 0.1) is 0 Å². The van der Waals surface area contributed by atoms with Gasteiger partial charge < -0.3 is 4.74 Å². The van der Waals surface area contributed by atoms with Gasteiger partial charge in [0.1, 0.15) is 11.5 Å². The van der Waals surface area contributed by atoms with Crippen molar-refractivity contribution >= 4 is 22.0 Å². The lowest BCUT2D eigenvalue weighted by atomic mass is 10.1. The highest BCUT2D eigenvalue weighted by atomic mass is 79.9. The van der Waals surface area contributed by atoms with Crippen molar-refractivity contribution in [3.8, 4) is 5.75 Å². The van der Waals surface area contributed by atoms with Crippen LogP contribution in [0.3, 0.4) is 0 Å². The molecule has 0 radical (unpaired) electrons. The average molecular weight is 237 g/mol. The van der Waals surface area contributed by atoms with E-state index in [4.69, 9.17) is 4.74 Å². The van der Waals surface area contributed by atoms with Crippen LogP contribution in [0.1, 0.15) is 12.5 Å². The highest BCUT2D eigenvalue weighted by Crippen LogP contribution is 2.32. The Bertz CT molecular complexity index is 405. The number of fused-ring (bicyclic) bond motifs is 1. The summed E-state index contributed by atoms with van der Waals surface area (Å²) >= 11 is 3.42. The van der Waals surface area contributed by atoms with E-state index >= 15 is 0 Å². The standard InChI is InChI=1S/C11H9BrO/c1-7-5-9-6-10(12)3-4-11(9)13-8(7)2/h3-6H,2H2,1H3. The molecule has 13 heavy (non-hydrogen) atoms. The number of benzene rings is 1. The van der Waals surface area contributed by atoms with E-state index in [0.29, 0.717) is 0 Å². The Labute approximate surface area is 85.9 Å². The molecule has 0 spiro atoms. The van der Waals surface area contributed by atoms with E-state index < -0.39 is 0 Å². The lowest BCUT2D eigenvalue weighted by Crippen LogP contribution is -2.01. The van der Waals surface area contributed by atoms with E-state index in [2.05, 4.69) is 28.6 Å². The third-order valence-corrected chi connectivity index (χ3v) is 2.51. The van der Waals surface area contributed by atoms with Crippen molar-refractivity contribution in [2.75, 3.05) is 0 Å². The molecule has 2 rings (SSSR count). The zero-order valence-corrected chi connectivity index (χ0v) is 8.89. The first-order valence-corrected chi connectivity index (χ1v) is 4.81. The van der Waals surface area contributed by atoms with Crippen LogP contribution in [0.5, 0.6) is 5.75 Å². The van der Waals surface area contributed by atoms with Gasteiger partial charge in [0.05, 0.1) is 0 Å². The number of rotatable bonds is 0. The third-order valence-electron chi connectivity index (χ3n) is 2.02. The first-order chi connectivity index (χ1) is 6.16. The highest BCUT2D eigenvalue weighted by Gasteiger charge is 2.11. The Balaban J connectivity index is 2.57. The molecule has 2 heteroatoms. The van der Waals surface area contributed by atoms with E-state index in [1.807, 2.05) is 25.1 Å². The van der Waals surface area contributed by atoms with Crippen LogP contribution in [0.15, 0.2) is 40.6 Å². The number of ether oxygens (including phenoxy) is 1. The Morgan fingerprint density at radius 3 is 2.92 bits per heavy atom. The molecule has 1 aliphatic rings. The quantitative estimate of drug-likeness (QED) is 0.667. The Hall–Kier alpha value is -1.02. The van der Waals surface area contributed by atoms with Gasteiger partial charge in [-0.1, -0.05) is 22.5 Å². The van der Waals surface area contributed by atoms with Crippen molar-refractivity contribution in [3.63, 3.8) is 0 Å². The fourth-order valence-electron chi connectivity index (χ4n) is 1.25. The van der Waals surface area contributed by atoms with Gasteiger partial charge in [0, 0.05) is 10.0 Å². The topological polar surface area (TPSA) is 9.23 Å². The summed E-state index contributed by atoms with van der Waals surface area (Å²) < 4.78 is 6.58. The summed E-state index contributed by atoms with van der Waals surface area (Å²) in [5.74, 6) is 1.61. The summed E-state index contributed by atoms with van der Waals surface area (Å²) in [6.07, 6.45) is 2.08. The summed E-state index contributed by atoms with van der Waals surface area (Å²) in [6.45, 7) is 5.81. The second kappa shape index (κ2) is 3.04. The summed E-state index contributed by atoms with van der Waals surface area (Å²) in [5, 5.41) is 0. The zero-order chi connectivity index (χ0) is 9.42. The van der Waals surface area contributed by atoms with Crippen molar-refractivity contribution in [1.82, 2.24) is 0 Å². The predicted molar refractivity (Wildman–Crippen MR) is 57.6 cm³/mol. The van der Waals surface area contributed by atoms with Gasteiger partial charge in [-0.05, 0) is 36.8 Å². The van der Waals surface area contributed by atoms with Crippen molar-refractivity contribution in [3.05, 3.63) is 46.1 Å². The zero-order valence-electron chi connectivity index (χ0n) is 7.30. The molecule has 1 aromatic carbocycles. The number of allylic oxidation sites excluding steroid dienone is 1. The Kier molecular flexibility index (Phi) is 2.00. The monoisotopic (exact) mass is 236 g/mol. The van der Waals surface area contributed by atoms with E-state index in [1.165, 1.54) is 0 Å².